The van der Waals surface area contributed by atoms with E-state index in [1.807, 2.05) is 0 Å². The van der Waals surface area contributed by atoms with E-state index in [2.05, 4.69) is 14.4 Å². The molecule has 11 nitrogen and oxygen atoms in total. The lowest BCUT2D eigenvalue weighted by Crippen LogP contribution is -2.55. The molecular formula is C25H25FN4O7S2. The van der Waals surface area contributed by atoms with Crippen molar-refractivity contribution in [1.29, 1.82) is 0 Å². The molecule has 3 unspecified atom stereocenters. The fourth-order valence-corrected chi connectivity index (χ4v) is 8.10. The molecule has 2 aromatic carbocycles. The van der Waals surface area contributed by atoms with Gasteiger partial charge in [0.25, 0.3) is 15.9 Å². The number of anilines is 2. The molecule has 5 atom stereocenters. The molecule has 2 aliphatic carbocycles. The minimum absolute atomic E-state index is 0.0142. The average Bonchev–Trinajstić information content (AvgIpc) is 3.40. The number of nitrogens with zero attached hydrogens (tertiary/aromatic N) is 2. The molecule has 2 heterocycles. The van der Waals surface area contributed by atoms with Crippen LogP contribution >= 0.6 is 0 Å². The maximum atomic E-state index is 13.9. The fourth-order valence-electron chi connectivity index (χ4n) is 6.40. The second-order valence-corrected chi connectivity index (χ2v) is 13.7. The van der Waals surface area contributed by atoms with E-state index in [-0.39, 0.29) is 51.8 Å². The SMILES string of the molecule is CS(=O)(=O)Nc1ccc2c(c1)S(=O)(=O)N=C(C1=C(O)C3C([C@@H]4CC(O)[C@H]3C4)N(Cc3ccc(F)cc3)C1=O)N2. The lowest BCUT2D eigenvalue weighted by molar-refractivity contribution is -0.135. The highest BCUT2D eigenvalue weighted by Gasteiger charge is 2.60. The largest absolute Gasteiger partial charge is 0.511 e. The summed E-state index contributed by atoms with van der Waals surface area (Å²) in [5.41, 5.74) is 0.397. The number of carbonyl (C=O) groups is 1. The third-order valence-electron chi connectivity index (χ3n) is 7.86. The predicted octanol–water partition coefficient (Wildman–Crippen LogP) is 1.95. The van der Waals surface area contributed by atoms with E-state index in [1.54, 1.807) is 17.0 Å². The molecule has 1 amide bonds. The molecule has 14 heteroatoms. The van der Waals surface area contributed by atoms with E-state index in [1.165, 1.54) is 24.3 Å². The van der Waals surface area contributed by atoms with Crippen molar-refractivity contribution in [2.45, 2.75) is 36.4 Å². The van der Waals surface area contributed by atoms with E-state index in [0.29, 0.717) is 18.4 Å². The smallest absolute Gasteiger partial charge is 0.286 e. The van der Waals surface area contributed by atoms with Crippen molar-refractivity contribution in [2.75, 3.05) is 16.3 Å². The first-order valence-corrected chi connectivity index (χ1v) is 15.6. The van der Waals surface area contributed by atoms with Crippen molar-refractivity contribution in [3.8, 4) is 0 Å². The highest BCUT2D eigenvalue weighted by atomic mass is 32.2. The first-order chi connectivity index (χ1) is 18.3. The quantitative estimate of drug-likeness (QED) is 0.419. The molecule has 2 fully saturated rings. The number of rotatable bonds is 5. The van der Waals surface area contributed by atoms with E-state index in [0.717, 1.165) is 12.3 Å². The minimum Gasteiger partial charge on any atom is -0.511 e. The number of aliphatic hydroxyl groups is 2. The summed E-state index contributed by atoms with van der Waals surface area (Å²) in [6.07, 6.45) is 1.33. The van der Waals surface area contributed by atoms with Gasteiger partial charge in [0.15, 0.2) is 5.84 Å². The maximum Gasteiger partial charge on any atom is 0.286 e. The van der Waals surface area contributed by atoms with E-state index >= 15 is 0 Å². The number of hydrogen-bond acceptors (Lipinski definition) is 8. The molecule has 0 spiro atoms. The Morgan fingerprint density at radius 2 is 1.90 bits per heavy atom. The summed E-state index contributed by atoms with van der Waals surface area (Å²) in [5, 5.41) is 24.8. The van der Waals surface area contributed by atoms with Crippen molar-refractivity contribution in [2.24, 2.45) is 22.2 Å². The van der Waals surface area contributed by atoms with Crippen LogP contribution in [0.25, 0.3) is 0 Å². The summed E-state index contributed by atoms with van der Waals surface area (Å²) >= 11 is 0. The Balaban J connectivity index is 1.42. The van der Waals surface area contributed by atoms with Crippen LogP contribution in [0, 0.1) is 23.6 Å². The maximum absolute atomic E-state index is 13.9. The molecule has 4 N–H and O–H groups in total. The first kappa shape index (κ1) is 25.8. The number of sulfonamides is 2. The molecule has 2 aromatic rings. The lowest BCUT2D eigenvalue weighted by Gasteiger charge is -2.45. The molecule has 2 saturated carbocycles. The van der Waals surface area contributed by atoms with Gasteiger partial charge in [0.05, 0.1) is 18.0 Å². The van der Waals surface area contributed by atoms with Crippen LogP contribution in [0.2, 0.25) is 0 Å². The Labute approximate surface area is 224 Å². The number of halogens is 1. The Morgan fingerprint density at radius 1 is 1.18 bits per heavy atom. The zero-order valence-corrected chi connectivity index (χ0v) is 22.2. The number of amides is 1. The summed E-state index contributed by atoms with van der Waals surface area (Å²) in [4.78, 5) is 15.2. The molecule has 6 rings (SSSR count). The molecule has 2 aliphatic heterocycles. The first-order valence-electron chi connectivity index (χ1n) is 12.2. The van der Waals surface area contributed by atoms with Gasteiger partial charge in [0.1, 0.15) is 22.0 Å². The Bertz CT molecular complexity index is 1670. The summed E-state index contributed by atoms with van der Waals surface area (Å²) in [7, 11) is -8.07. The van der Waals surface area contributed by atoms with Crippen molar-refractivity contribution >= 4 is 43.2 Å². The molecular weight excluding hydrogens is 551 g/mol. The average molecular weight is 577 g/mol. The number of benzene rings is 2. The van der Waals surface area contributed by atoms with Crippen molar-refractivity contribution in [3.63, 3.8) is 0 Å². The summed E-state index contributed by atoms with van der Waals surface area (Å²) in [5.74, 6) is -2.77. The van der Waals surface area contributed by atoms with Crippen LogP contribution in [0.15, 0.2) is 63.1 Å². The van der Waals surface area contributed by atoms with Gasteiger partial charge in [-0.1, -0.05) is 12.1 Å². The molecule has 2 bridgehead atoms. The van der Waals surface area contributed by atoms with Gasteiger partial charge in [-0.2, -0.15) is 8.42 Å². The molecule has 206 valence electrons. The van der Waals surface area contributed by atoms with Crippen LogP contribution < -0.4 is 10.0 Å². The predicted molar refractivity (Wildman–Crippen MR) is 139 cm³/mol. The van der Waals surface area contributed by atoms with Gasteiger partial charge < -0.3 is 20.4 Å². The van der Waals surface area contributed by atoms with Gasteiger partial charge in [0, 0.05) is 24.2 Å². The number of nitrogens with one attached hydrogen (secondary N) is 2. The van der Waals surface area contributed by atoms with E-state index in [4.69, 9.17) is 0 Å². The normalized spacial score (nSPS) is 29.0. The van der Waals surface area contributed by atoms with Crippen molar-refractivity contribution in [3.05, 3.63) is 65.2 Å². The lowest BCUT2D eigenvalue weighted by atomic mass is 9.76. The van der Waals surface area contributed by atoms with Gasteiger partial charge >= 0.3 is 0 Å². The third kappa shape index (κ3) is 4.36. The van der Waals surface area contributed by atoms with Gasteiger partial charge in [-0.15, -0.1) is 4.40 Å². The van der Waals surface area contributed by atoms with Gasteiger partial charge in [-0.05, 0) is 60.6 Å². The summed E-state index contributed by atoms with van der Waals surface area (Å²) in [6.45, 7) is 0.0908. The number of aliphatic hydroxyl groups excluding tert-OH is 2. The van der Waals surface area contributed by atoms with E-state index < -0.39 is 49.8 Å². The number of amidine groups is 1. The zero-order chi connectivity index (χ0) is 27.9. The van der Waals surface area contributed by atoms with Crippen LogP contribution in [0.5, 0.6) is 0 Å². The van der Waals surface area contributed by atoms with Crippen LogP contribution in [-0.2, 0) is 31.4 Å². The monoisotopic (exact) mass is 576 g/mol. The fraction of sp³-hybridized carbons (Fsp3) is 0.360. The third-order valence-corrected chi connectivity index (χ3v) is 9.79. The minimum atomic E-state index is -4.41. The van der Waals surface area contributed by atoms with Crippen LogP contribution in [0.3, 0.4) is 0 Å². The second kappa shape index (κ2) is 8.76. The van der Waals surface area contributed by atoms with Gasteiger partial charge in [-0.25, -0.2) is 12.8 Å². The second-order valence-electron chi connectivity index (χ2n) is 10.4. The molecule has 0 saturated heterocycles. The van der Waals surface area contributed by atoms with E-state index in [9.17, 15) is 36.2 Å². The molecule has 39 heavy (non-hydrogen) atoms. The Kier molecular flexibility index (Phi) is 5.79. The van der Waals surface area contributed by atoms with Crippen molar-refractivity contribution < 1.29 is 36.2 Å². The number of fused-ring (bicyclic) bond motifs is 6. The van der Waals surface area contributed by atoms with Gasteiger partial charge in [0.2, 0.25) is 10.0 Å². The van der Waals surface area contributed by atoms with Crippen LogP contribution in [0.4, 0.5) is 15.8 Å². The van der Waals surface area contributed by atoms with Crippen molar-refractivity contribution in [1.82, 2.24) is 4.90 Å². The zero-order valence-electron chi connectivity index (χ0n) is 20.6. The topological polar surface area (TPSA) is 165 Å². The number of hydrogen-bond donors (Lipinski definition) is 4. The van der Waals surface area contributed by atoms with Crippen LogP contribution in [-0.4, -0.2) is 62.1 Å². The summed E-state index contributed by atoms with van der Waals surface area (Å²) < 4.78 is 69.0. The molecule has 4 aliphatic rings. The summed E-state index contributed by atoms with van der Waals surface area (Å²) in [6, 6.07) is 9.04. The van der Waals surface area contributed by atoms with Gasteiger partial charge in [-0.3, -0.25) is 9.52 Å². The standard InChI is InChI=1S/C25H25FN4O7S2/c1-38(34,35)28-15-6-7-17-19(10-15)39(36,37)29-24(27-17)21-23(32)20-16-8-13(9-18(16)31)22(20)30(25(21)33)11-12-2-4-14(26)5-3-12/h2-7,10,13,16,18,20,22,28,31-32H,8-9,11H2,1H3,(H,27,29)/t13-,16+,18?,20?,22?/m0/s1. The number of carbonyl (C=O) groups excluding carboxylic acids is 1. The molecule has 0 radical (unpaired) electrons. The Hall–Kier alpha value is -3.49. The molecule has 0 aromatic heterocycles. The Morgan fingerprint density at radius 3 is 2.59 bits per heavy atom. The van der Waals surface area contributed by atoms with Crippen LogP contribution in [0.1, 0.15) is 18.4 Å². The highest BCUT2D eigenvalue weighted by molar-refractivity contribution is 7.92. The highest BCUT2D eigenvalue weighted by Crippen LogP contribution is 2.55.